The Morgan fingerprint density at radius 2 is 1.65 bits per heavy atom. The number of piperazine rings is 1. The molecule has 14 nitrogen and oxygen atoms in total. The fraction of sp³-hybridized carbons (Fsp3) is 0.600. The van der Waals surface area contributed by atoms with Gasteiger partial charge in [0.2, 0.25) is 17.7 Å². The summed E-state index contributed by atoms with van der Waals surface area (Å²) in [5, 5.41) is 16.5. The van der Waals surface area contributed by atoms with Gasteiger partial charge in [-0.1, -0.05) is 72.7 Å². The maximum atomic E-state index is 14.1. The van der Waals surface area contributed by atoms with Crippen molar-refractivity contribution in [3.8, 4) is 10.4 Å². The van der Waals surface area contributed by atoms with E-state index in [1.165, 1.54) is 4.90 Å². The fourth-order valence-corrected chi connectivity index (χ4v) is 10.1. The van der Waals surface area contributed by atoms with Crippen molar-refractivity contribution in [2.75, 3.05) is 57.4 Å². The van der Waals surface area contributed by atoms with Crippen molar-refractivity contribution in [2.45, 2.75) is 105 Å². The standard InChI is InChI=1S/C45H63N7O7S/c1-28(30-10-12-31(13-11-30)37-29(2)47-27-60-37)48-39(55)34-22-33(53)24-52(34)40(56)38(43(3,4)5)49-36(54)25-58-21-20-50-16-18-51(19-17-50)35-15-14-32(23-46-35)41(57)59-42-44(6,7)26-45(42,8)9/h10-15,23,27-28,33-34,38,42,53H,16-22,24-26H2,1-9H3,(H,48,55)(H,49,54)/t28-,33+,34?,38+/m0/s1. The number of hydrogen-bond donors (Lipinski definition) is 3. The minimum Gasteiger partial charge on any atom is -0.458 e. The van der Waals surface area contributed by atoms with E-state index in [1.54, 1.807) is 23.6 Å². The van der Waals surface area contributed by atoms with Crippen molar-refractivity contribution in [3.05, 3.63) is 64.9 Å². The second-order valence-electron chi connectivity index (χ2n) is 19.1. The molecule has 3 aromatic rings. The molecule has 1 aliphatic carbocycles. The van der Waals surface area contributed by atoms with Gasteiger partial charge in [-0.05, 0) is 48.9 Å². The van der Waals surface area contributed by atoms with Gasteiger partial charge in [0.15, 0.2) is 0 Å². The summed E-state index contributed by atoms with van der Waals surface area (Å²) in [6.45, 7) is 21.7. The van der Waals surface area contributed by atoms with Crippen molar-refractivity contribution in [3.63, 3.8) is 0 Å². The number of hydrogen-bond acceptors (Lipinski definition) is 12. The lowest BCUT2D eigenvalue weighted by atomic mass is 9.53. The molecule has 3 N–H and O–H groups in total. The Bertz CT molecular complexity index is 1970. The van der Waals surface area contributed by atoms with E-state index < -0.39 is 35.4 Å². The minimum atomic E-state index is -0.946. The minimum absolute atomic E-state index is 0.00592. The number of carbonyl (C=O) groups is 4. The summed E-state index contributed by atoms with van der Waals surface area (Å²) in [5.74, 6) is -0.751. The van der Waals surface area contributed by atoms with Gasteiger partial charge in [-0.3, -0.25) is 19.3 Å². The first-order chi connectivity index (χ1) is 28.2. The van der Waals surface area contributed by atoms with Gasteiger partial charge < -0.3 is 35.0 Å². The molecule has 1 aromatic carbocycles. The number of likely N-dealkylation sites (tertiary alicyclic amines) is 1. The number of rotatable bonds is 14. The lowest BCUT2D eigenvalue weighted by molar-refractivity contribution is -0.155. The van der Waals surface area contributed by atoms with Crippen molar-refractivity contribution < 1.29 is 33.8 Å². The molecule has 3 fully saturated rings. The van der Waals surface area contributed by atoms with Crippen molar-refractivity contribution in [1.82, 2.24) is 30.4 Å². The van der Waals surface area contributed by atoms with Crippen molar-refractivity contribution in [2.24, 2.45) is 16.2 Å². The summed E-state index contributed by atoms with van der Waals surface area (Å²) in [7, 11) is 0. The predicted octanol–water partition coefficient (Wildman–Crippen LogP) is 5.00. The highest BCUT2D eigenvalue weighted by molar-refractivity contribution is 7.13. The van der Waals surface area contributed by atoms with Gasteiger partial charge in [0.25, 0.3) is 0 Å². The molecular weight excluding hydrogens is 783 g/mol. The largest absolute Gasteiger partial charge is 0.458 e. The van der Waals surface area contributed by atoms with Gasteiger partial charge >= 0.3 is 5.97 Å². The number of aromatic nitrogens is 2. The van der Waals surface area contributed by atoms with Crippen LogP contribution in [0.2, 0.25) is 0 Å². The van der Waals surface area contributed by atoms with E-state index in [0.29, 0.717) is 18.7 Å². The summed E-state index contributed by atoms with van der Waals surface area (Å²) in [4.78, 5) is 69.6. The molecule has 2 aliphatic heterocycles. The average molecular weight is 846 g/mol. The van der Waals surface area contributed by atoms with Crippen LogP contribution in [0.5, 0.6) is 0 Å². The smallest absolute Gasteiger partial charge is 0.340 e. The van der Waals surface area contributed by atoms with Crippen LogP contribution in [0, 0.1) is 23.2 Å². The Hall–Kier alpha value is -4.44. The van der Waals surface area contributed by atoms with Crippen LogP contribution in [0.15, 0.2) is 48.1 Å². The van der Waals surface area contributed by atoms with Gasteiger partial charge in [-0.15, -0.1) is 11.3 Å². The third-order valence-electron chi connectivity index (χ3n) is 12.1. The number of benzene rings is 1. The van der Waals surface area contributed by atoms with E-state index in [0.717, 1.165) is 60.1 Å². The molecule has 1 unspecified atom stereocenters. The molecule has 2 saturated heterocycles. The number of aliphatic hydroxyl groups excluding tert-OH is 1. The molecule has 326 valence electrons. The summed E-state index contributed by atoms with van der Waals surface area (Å²) in [6, 6.07) is 9.43. The van der Waals surface area contributed by atoms with E-state index >= 15 is 0 Å². The Labute approximate surface area is 358 Å². The Morgan fingerprint density at radius 1 is 0.967 bits per heavy atom. The molecule has 3 amide bonds. The SMILES string of the molecule is Cc1ncsc1-c1ccc([C@H](C)NC(=O)C2C[C@@H](O)CN2C(=O)[C@@H](NC(=O)COCCN2CCN(c3ccc(C(=O)OC4C(C)(C)CC4(C)C)cn3)CC2)C(C)(C)C)cc1. The van der Waals surface area contributed by atoms with E-state index in [9.17, 15) is 24.3 Å². The highest BCUT2D eigenvalue weighted by Crippen LogP contribution is 2.55. The number of aliphatic hydroxyl groups is 1. The molecule has 4 heterocycles. The zero-order valence-electron chi connectivity index (χ0n) is 36.6. The van der Waals surface area contributed by atoms with Crippen molar-refractivity contribution >= 4 is 40.8 Å². The Morgan fingerprint density at radius 3 is 2.23 bits per heavy atom. The number of ether oxygens (including phenoxy) is 2. The maximum Gasteiger partial charge on any atom is 0.340 e. The Balaban J connectivity index is 0.933. The molecule has 0 spiro atoms. The zero-order chi connectivity index (χ0) is 43.6. The first-order valence-electron chi connectivity index (χ1n) is 21.0. The number of amides is 3. The van der Waals surface area contributed by atoms with Gasteiger partial charge in [0.1, 0.15) is 30.6 Å². The molecule has 0 bridgehead atoms. The van der Waals surface area contributed by atoms with Crippen LogP contribution in [-0.4, -0.2) is 125 Å². The van der Waals surface area contributed by atoms with E-state index in [1.807, 2.05) is 70.5 Å². The highest BCUT2D eigenvalue weighted by Gasteiger charge is 2.55. The number of carbonyl (C=O) groups excluding carboxylic acids is 4. The molecule has 1 saturated carbocycles. The molecule has 15 heteroatoms. The molecule has 2 aromatic heterocycles. The molecular formula is C45H63N7O7S. The number of nitrogens with zero attached hydrogens (tertiary/aromatic N) is 5. The van der Waals surface area contributed by atoms with Gasteiger partial charge in [0, 0.05) is 62.7 Å². The summed E-state index contributed by atoms with van der Waals surface area (Å²) in [5.41, 5.74) is 4.43. The number of β-amino-alcohol motifs (C(OH)–C–C–N with tert-alkyl or cyclic N) is 1. The van der Waals surface area contributed by atoms with E-state index in [-0.39, 0.29) is 54.4 Å². The number of aryl methyl sites for hydroxylation is 1. The van der Waals surface area contributed by atoms with Gasteiger partial charge in [-0.25, -0.2) is 14.8 Å². The number of thiazole rings is 1. The van der Waals surface area contributed by atoms with Crippen LogP contribution >= 0.6 is 11.3 Å². The number of nitrogens with one attached hydrogen (secondary N) is 2. The van der Waals surface area contributed by atoms with Crippen LogP contribution in [-0.2, 0) is 23.9 Å². The Kier molecular flexibility index (Phi) is 13.7. The van der Waals surface area contributed by atoms with Crippen LogP contribution in [0.25, 0.3) is 10.4 Å². The van der Waals surface area contributed by atoms with Gasteiger partial charge in [-0.2, -0.15) is 0 Å². The summed E-state index contributed by atoms with van der Waals surface area (Å²) < 4.78 is 11.7. The van der Waals surface area contributed by atoms with Crippen LogP contribution < -0.4 is 15.5 Å². The van der Waals surface area contributed by atoms with Crippen LogP contribution in [0.3, 0.4) is 0 Å². The first kappa shape index (κ1) is 45.1. The predicted molar refractivity (Wildman–Crippen MR) is 231 cm³/mol. The monoisotopic (exact) mass is 845 g/mol. The molecule has 3 aliphatic rings. The highest BCUT2D eigenvalue weighted by atomic mass is 32.1. The average Bonchev–Trinajstić information content (AvgIpc) is 3.81. The lowest BCUT2D eigenvalue weighted by Gasteiger charge is -2.56. The quantitative estimate of drug-likeness (QED) is 0.148. The van der Waals surface area contributed by atoms with Gasteiger partial charge in [0.05, 0.1) is 40.4 Å². The third-order valence-corrected chi connectivity index (χ3v) is 13.1. The number of anilines is 1. The molecule has 6 rings (SSSR count). The third kappa shape index (κ3) is 10.5. The number of pyridine rings is 1. The second-order valence-corrected chi connectivity index (χ2v) is 20.0. The second kappa shape index (κ2) is 18.3. The van der Waals surface area contributed by atoms with Crippen LogP contribution in [0.1, 0.15) is 95.9 Å². The maximum absolute atomic E-state index is 14.1. The van der Waals surface area contributed by atoms with E-state index in [4.69, 9.17) is 9.47 Å². The molecule has 60 heavy (non-hydrogen) atoms. The van der Waals surface area contributed by atoms with E-state index in [2.05, 4.69) is 58.1 Å². The lowest BCUT2D eigenvalue weighted by Crippen LogP contribution is -2.58. The van der Waals surface area contributed by atoms with Crippen molar-refractivity contribution in [1.29, 1.82) is 0 Å². The first-order valence-corrected chi connectivity index (χ1v) is 21.9. The molecule has 4 atom stereocenters. The molecule has 0 radical (unpaired) electrons. The van der Waals surface area contributed by atoms with Crippen LogP contribution in [0.4, 0.5) is 5.82 Å². The topological polar surface area (TPSA) is 167 Å². The zero-order valence-corrected chi connectivity index (χ0v) is 37.4. The summed E-state index contributed by atoms with van der Waals surface area (Å²) in [6.07, 6.45) is 1.70. The fourth-order valence-electron chi connectivity index (χ4n) is 9.25. The summed E-state index contributed by atoms with van der Waals surface area (Å²) >= 11 is 1.58. The number of esters is 1. The normalized spacial score (nSPS) is 21.5.